The van der Waals surface area contributed by atoms with Crippen molar-refractivity contribution in [3.63, 3.8) is 0 Å². The van der Waals surface area contributed by atoms with Crippen LogP contribution in [-0.2, 0) is 17.5 Å². The van der Waals surface area contributed by atoms with Crippen LogP contribution in [0.4, 0.5) is 26.3 Å². The molecule has 0 spiro atoms. The van der Waals surface area contributed by atoms with Crippen LogP contribution in [0.2, 0.25) is 0 Å². The summed E-state index contributed by atoms with van der Waals surface area (Å²) in [7, 11) is 0. The minimum atomic E-state index is -4.37. The molecule has 1 aliphatic heterocycles. The number of carbonyl (C=O) groups is 1. The van der Waals surface area contributed by atoms with E-state index in [1.807, 2.05) is 4.90 Å². The van der Waals surface area contributed by atoms with Crippen LogP contribution in [0.3, 0.4) is 0 Å². The van der Waals surface area contributed by atoms with Crippen LogP contribution in [0.1, 0.15) is 36.8 Å². The molecular weight excluding hydrogens is 398 g/mol. The van der Waals surface area contributed by atoms with E-state index in [1.54, 1.807) is 4.90 Å². The second kappa shape index (κ2) is 8.53. The molecule has 3 nitrogen and oxygen atoms in total. The van der Waals surface area contributed by atoms with Gasteiger partial charge in [-0.25, -0.2) is 0 Å². The summed E-state index contributed by atoms with van der Waals surface area (Å²) in [6.07, 6.45) is -7.75. The maximum atomic E-state index is 13.0. The standard InChI is InChI=1S/C20H24F6N2O/c21-19(22,23)16-6-4-14(5-7-16)13-27-8-10-28(11-9-27)18(29)15-2-1-3-17(12-15)20(24,25)26/h4-7,15,17H,1-3,8-13H2. The fourth-order valence-electron chi connectivity index (χ4n) is 4.15. The lowest BCUT2D eigenvalue weighted by Gasteiger charge is -2.38. The number of carbonyl (C=O) groups excluding carboxylic acids is 1. The van der Waals surface area contributed by atoms with Gasteiger partial charge in [0.25, 0.3) is 0 Å². The van der Waals surface area contributed by atoms with Crippen molar-refractivity contribution in [2.24, 2.45) is 11.8 Å². The van der Waals surface area contributed by atoms with Crippen LogP contribution >= 0.6 is 0 Å². The molecule has 1 saturated carbocycles. The summed E-state index contributed by atoms with van der Waals surface area (Å²) in [4.78, 5) is 16.3. The van der Waals surface area contributed by atoms with Crippen molar-refractivity contribution in [2.75, 3.05) is 26.2 Å². The molecule has 2 fully saturated rings. The van der Waals surface area contributed by atoms with Crippen molar-refractivity contribution in [3.8, 4) is 0 Å². The molecule has 1 amide bonds. The molecule has 0 aromatic heterocycles. The number of halogens is 6. The van der Waals surface area contributed by atoms with Crippen molar-refractivity contribution >= 4 is 5.91 Å². The number of amides is 1. The minimum absolute atomic E-state index is 0.0915. The summed E-state index contributed by atoms with van der Waals surface area (Å²) in [5, 5.41) is 0. The molecule has 2 atom stereocenters. The summed E-state index contributed by atoms with van der Waals surface area (Å²) >= 11 is 0. The molecule has 1 aliphatic carbocycles. The van der Waals surface area contributed by atoms with Gasteiger partial charge in [-0.15, -0.1) is 0 Å². The topological polar surface area (TPSA) is 23.6 Å². The Bertz CT molecular complexity index is 692. The van der Waals surface area contributed by atoms with Crippen LogP contribution in [-0.4, -0.2) is 48.1 Å². The lowest BCUT2D eigenvalue weighted by molar-refractivity contribution is -0.187. The summed E-state index contributed by atoms with van der Waals surface area (Å²) in [5.74, 6) is -2.17. The van der Waals surface area contributed by atoms with Gasteiger partial charge in [-0.05, 0) is 37.0 Å². The van der Waals surface area contributed by atoms with Gasteiger partial charge >= 0.3 is 12.4 Å². The lowest BCUT2D eigenvalue weighted by Crippen LogP contribution is -2.50. The summed E-state index contributed by atoms with van der Waals surface area (Å²) < 4.78 is 76.8. The monoisotopic (exact) mass is 422 g/mol. The Morgan fingerprint density at radius 1 is 0.931 bits per heavy atom. The molecule has 0 N–H and O–H groups in total. The quantitative estimate of drug-likeness (QED) is 0.659. The van der Waals surface area contributed by atoms with E-state index < -0.39 is 29.8 Å². The van der Waals surface area contributed by atoms with E-state index in [0.717, 1.165) is 17.7 Å². The Balaban J connectivity index is 1.49. The largest absolute Gasteiger partial charge is 0.416 e. The highest BCUT2D eigenvalue weighted by Crippen LogP contribution is 2.40. The minimum Gasteiger partial charge on any atom is -0.340 e. The first-order valence-electron chi connectivity index (χ1n) is 9.78. The number of hydrogen-bond acceptors (Lipinski definition) is 2. The van der Waals surface area contributed by atoms with Crippen LogP contribution in [0.5, 0.6) is 0 Å². The summed E-state index contributed by atoms with van der Waals surface area (Å²) in [6.45, 7) is 2.41. The molecule has 1 aromatic carbocycles. The Kier molecular flexibility index (Phi) is 6.45. The lowest BCUT2D eigenvalue weighted by atomic mass is 9.80. The molecule has 2 unspecified atom stereocenters. The predicted octanol–water partition coefficient (Wildman–Crippen LogP) is 4.72. The van der Waals surface area contributed by atoms with Crippen molar-refractivity contribution < 1.29 is 31.1 Å². The normalized spacial score (nSPS) is 24.6. The molecule has 3 rings (SSSR count). The SMILES string of the molecule is O=C(C1CCCC(C(F)(F)F)C1)N1CCN(Cc2ccc(C(F)(F)F)cc2)CC1. The van der Waals surface area contributed by atoms with Crippen molar-refractivity contribution in [3.05, 3.63) is 35.4 Å². The maximum Gasteiger partial charge on any atom is 0.416 e. The third-order valence-electron chi connectivity index (χ3n) is 5.86. The zero-order valence-electron chi connectivity index (χ0n) is 15.9. The van der Waals surface area contributed by atoms with E-state index in [2.05, 4.69) is 0 Å². The first-order chi connectivity index (χ1) is 13.5. The summed E-state index contributed by atoms with van der Waals surface area (Å²) in [6, 6.07) is 4.99. The number of hydrogen-bond donors (Lipinski definition) is 0. The molecule has 1 aromatic rings. The first-order valence-corrected chi connectivity index (χ1v) is 9.78. The second-order valence-corrected chi connectivity index (χ2v) is 7.90. The fraction of sp³-hybridized carbons (Fsp3) is 0.650. The third kappa shape index (κ3) is 5.65. The molecule has 162 valence electrons. The van der Waals surface area contributed by atoms with Gasteiger partial charge in [0, 0.05) is 38.6 Å². The highest BCUT2D eigenvalue weighted by Gasteiger charge is 2.44. The van der Waals surface area contributed by atoms with Crippen LogP contribution in [0.25, 0.3) is 0 Å². The average molecular weight is 422 g/mol. The smallest absolute Gasteiger partial charge is 0.340 e. The Hall–Kier alpha value is -1.77. The second-order valence-electron chi connectivity index (χ2n) is 7.90. The third-order valence-corrected chi connectivity index (χ3v) is 5.86. The van der Waals surface area contributed by atoms with Gasteiger partial charge in [-0.3, -0.25) is 9.69 Å². The molecule has 1 saturated heterocycles. The zero-order chi connectivity index (χ0) is 21.2. The van der Waals surface area contributed by atoms with Gasteiger partial charge in [-0.1, -0.05) is 18.6 Å². The molecule has 2 aliphatic rings. The van der Waals surface area contributed by atoms with Gasteiger partial charge in [0.05, 0.1) is 11.5 Å². The zero-order valence-corrected chi connectivity index (χ0v) is 15.9. The average Bonchev–Trinajstić information content (AvgIpc) is 2.67. The highest BCUT2D eigenvalue weighted by atomic mass is 19.4. The molecule has 1 heterocycles. The number of nitrogens with zero attached hydrogens (tertiary/aromatic N) is 2. The van der Waals surface area contributed by atoms with Gasteiger partial charge < -0.3 is 4.90 Å². The summed E-state index contributed by atoms with van der Waals surface area (Å²) in [5.41, 5.74) is 0.0550. The van der Waals surface area contributed by atoms with E-state index >= 15 is 0 Å². The van der Waals surface area contributed by atoms with Crippen molar-refractivity contribution in [2.45, 2.75) is 44.6 Å². The van der Waals surface area contributed by atoms with E-state index in [9.17, 15) is 31.1 Å². The highest BCUT2D eigenvalue weighted by molar-refractivity contribution is 5.79. The molecular formula is C20H24F6N2O. The van der Waals surface area contributed by atoms with E-state index in [4.69, 9.17) is 0 Å². The Labute approximate surface area is 165 Å². The van der Waals surface area contributed by atoms with Crippen LogP contribution < -0.4 is 0 Å². The number of piperazine rings is 1. The predicted molar refractivity (Wildman–Crippen MR) is 94.8 cm³/mol. The molecule has 9 heteroatoms. The molecule has 29 heavy (non-hydrogen) atoms. The Morgan fingerprint density at radius 3 is 2.10 bits per heavy atom. The maximum absolute atomic E-state index is 13.0. The van der Waals surface area contributed by atoms with Gasteiger partial charge in [0.2, 0.25) is 5.91 Å². The van der Waals surface area contributed by atoms with E-state index in [1.165, 1.54) is 12.1 Å². The fourth-order valence-corrected chi connectivity index (χ4v) is 4.15. The van der Waals surface area contributed by atoms with Crippen LogP contribution in [0.15, 0.2) is 24.3 Å². The van der Waals surface area contributed by atoms with Crippen LogP contribution in [0, 0.1) is 11.8 Å². The first kappa shape index (κ1) is 21.9. The number of alkyl halides is 6. The molecule has 0 bridgehead atoms. The molecule has 0 radical (unpaired) electrons. The Morgan fingerprint density at radius 2 is 1.55 bits per heavy atom. The van der Waals surface area contributed by atoms with Gasteiger partial charge in [0.1, 0.15) is 0 Å². The number of rotatable bonds is 3. The van der Waals surface area contributed by atoms with E-state index in [-0.39, 0.29) is 18.7 Å². The van der Waals surface area contributed by atoms with Gasteiger partial charge in [0.15, 0.2) is 0 Å². The van der Waals surface area contributed by atoms with Crippen molar-refractivity contribution in [1.82, 2.24) is 9.80 Å². The van der Waals surface area contributed by atoms with Crippen molar-refractivity contribution in [1.29, 1.82) is 0 Å². The van der Waals surface area contributed by atoms with E-state index in [0.29, 0.717) is 45.6 Å². The van der Waals surface area contributed by atoms with Gasteiger partial charge in [-0.2, -0.15) is 26.3 Å². The number of benzene rings is 1.